The molecule has 32 heavy (non-hydrogen) atoms. The van der Waals surface area contributed by atoms with Crippen LogP contribution in [0.25, 0.3) is 0 Å². The number of amides is 2. The van der Waals surface area contributed by atoms with Gasteiger partial charge in [0.25, 0.3) is 5.91 Å². The van der Waals surface area contributed by atoms with Crippen molar-refractivity contribution >= 4 is 27.7 Å². The molecule has 6 heteroatoms. The number of nitrogens with one attached hydrogen (secondary N) is 1. The number of halogens is 1. The molecule has 2 fully saturated rings. The number of nitrogens with zero attached hydrogens (tertiary/aromatic N) is 2. The Kier molecular flexibility index (Phi) is 7.63. The van der Waals surface area contributed by atoms with Gasteiger partial charge < -0.3 is 10.2 Å². The summed E-state index contributed by atoms with van der Waals surface area (Å²) in [5.74, 6) is -0.148. The van der Waals surface area contributed by atoms with Crippen molar-refractivity contribution in [3.8, 4) is 0 Å². The SMILES string of the molecule is CC1CCCCN1Cc1ccc(CNC(=O)C2CCCN2C(=O)c2ccc(Br)cc2)cc1. The fourth-order valence-electron chi connectivity index (χ4n) is 4.74. The smallest absolute Gasteiger partial charge is 0.254 e. The van der Waals surface area contributed by atoms with Crippen LogP contribution in [0.3, 0.4) is 0 Å². The molecule has 2 atom stereocenters. The number of piperidine rings is 1. The second kappa shape index (κ2) is 10.6. The predicted molar refractivity (Wildman–Crippen MR) is 130 cm³/mol. The van der Waals surface area contributed by atoms with Crippen molar-refractivity contribution < 1.29 is 9.59 Å². The monoisotopic (exact) mass is 497 g/mol. The minimum absolute atomic E-state index is 0.0702. The molecule has 0 saturated carbocycles. The number of carbonyl (C=O) groups excluding carboxylic acids is 2. The zero-order chi connectivity index (χ0) is 22.5. The molecule has 2 heterocycles. The van der Waals surface area contributed by atoms with Crippen molar-refractivity contribution in [1.29, 1.82) is 0 Å². The maximum absolute atomic E-state index is 12.9. The van der Waals surface area contributed by atoms with Crippen LogP contribution in [0.4, 0.5) is 0 Å². The molecule has 2 unspecified atom stereocenters. The van der Waals surface area contributed by atoms with E-state index in [2.05, 4.69) is 57.3 Å². The second-order valence-electron chi connectivity index (χ2n) is 9.01. The molecule has 2 aromatic rings. The zero-order valence-electron chi connectivity index (χ0n) is 18.7. The molecule has 5 nitrogen and oxygen atoms in total. The molecule has 2 aliphatic heterocycles. The van der Waals surface area contributed by atoms with Gasteiger partial charge in [-0.1, -0.05) is 46.6 Å². The maximum atomic E-state index is 12.9. The Labute approximate surface area is 199 Å². The number of likely N-dealkylation sites (tertiary alicyclic amines) is 2. The molecule has 2 saturated heterocycles. The second-order valence-corrected chi connectivity index (χ2v) is 9.93. The van der Waals surface area contributed by atoms with Gasteiger partial charge in [-0.05, 0) is 74.5 Å². The van der Waals surface area contributed by atoms with Crippen LogP contribution in [-0.4, -0.2) is 46.8 Å². The van der Waals surface area contributed by atoms with Gasteiger partial charge in [-0.2, -0.15) is 0 Å². The number of rotatable bonds is 6. The van der Waals surface area contributed by atoms with E-state index >= 15 is 0 Å². The van der Waals surface area contributed by atoms with Gasteiger partial charge in [0.15, 0.2) is 0 Å². The fraction of sp³-hybridized carbons (Fsp3) is 0.462. The molecular weight excluding hydrogens is 466 g/mol. The van der Waals surface area contributed by atoms with Gasteiger partial charge in [0.1, 0.15) is 6.04 Å². The van der Waals surface area contributed by atoms with E-state index in [1.807, 2.05) is 12.1 Å². The van der Waals surface area contributed by atoms with Crippen molar-refractivity contribution in [3.05, 3.63) is 69.7 Å². The van der Waals surface area contributed by atoms with Crippen LogP contribution in [0.2, 0.25) is 0 Å². The first-order chi connectivity index (χ1) is 15.5. The Morgan fingerprint density at radius 3 is 2.38 bits per heavy atom. The van der Waals surface area contributed by atoms with E-state index in [0.717, 1.165) is 23.0 Å². The maximum Gasteiger partial charge on any atom is 0.254 e. The third kappa shape index (κ3) is 5.59. The summed E-state index contributed by atoms with van der Waals surface area (Å²) in [5.41, 5.74) is 3.01. The molecule has 2 aliphatic rings. The lowest BCUT2D eigenvalue weighted by atomic mass is 10.0. The highest BCUT2D eigenvalue weighted by molar-refractivity contribution is 9.10. The van der Waals surface area contributed by atoms with Crippen molar-refractivity contribution in [2.24, 2.45) is 0 Å². The molecule has 0 spiro atoms. The molecule has 0 bridgehead atoms. The third-order valence-corrected chi connectivity index (χ3v) is 7.25. The van der Waals surface area contributed by atoms with Gasteiger partial charge in [0, 0.05) is 35.7 Å². The van der Waals surface area contributed by atoms with Crippen LogP contribution >= 0.6 is 15.9 Å². The minimum atomic E-state index is -0.397. The standard InChI is InChI=1S/C26H32BrN3O2/c1-19-5-2-3-15-29(19)18-21-9-7-20(8-10-21)17-28-25(31)24-6-4-16-30(24)26(32)22-11-13-23(27)14-12-22/h7-14,19,24H,2-6,15-18H2,1H3,(H,28,31). The summed E-state index contributed by atoms with van der Waals surface area (Å²) in [4.78, 5) is 30.0. The minimum Gasteiger partial charge on any atom is -0.350 e. The molecule has 0 radical (unpaired) electrons. The van der Waals surface area contributed by atoms with Crippen molar-refractivity contribution in [1.82, 2.24) is 15.1 Å². The Morgan fingerprint density at radius 1 is 0.938 bits per heavy atom. The summed E-state index contributed by atoms with van der Waals surface area (Å²) >= 11 is 3.40. The Morgan fingerprint density at radius 2 is 1.66 bits per heavy atom. The van der Waals surface area contributed by atoms with Crippen LogP contribution in [0.1, 0.15) is 60.5 Å². The third-order valence-electron chi connectivity index (χ3n) is 6.72. The van der Waals surface area contributed by atoms with Crippen molar-refractivity contribution in [2.45, 2.75) is 64.2 Å². The number of benzene rings is 2. The summed E-state index contributed by atoms with van der Waals surface area (Å²) in [7, 11) is 0. The predicted octanol–water partition coefficient (Wildman–Crippen LogP) is 4.74. The fourth-order valence-corrected chi connectivity index (χ4v) is 5.00. The van der Waals surface area contributed by atoms with Gasteiger partial charge >= 0.3 is 0 Å². The highest BCUT2D eigenvalue weighted by Gasteiger charge is 2.34. The van der Waals surface area contributed by atoms with Crippen LogP contribution in [0.5, 0.6) is 0 Å². The van der Waals surface area contributed by atoms with Gasteiger partial charge in [-0.15, -0.1) is 0 Å². The number of carbonyl (C=O) groups is 2. The van der Waals surface area contributed by atoms with Crippen LogP contribution in [0, 0.1) is 0 Å². The first kappa shape index (κ1) is 23.0. The first-order valence-electron chi connectivity index (χ1n) is 11.7. The molecule has 2 aromatic carbocycles. The van der Waals surface area contributed by atoms with Crippen LogP contribution < -0.4 is 5.32 Å². The average Bonchev–Trinajstić information content (AvgIpc) is 3.30. The van der Waals surface area contributed by atoms with Gasteiger partial charge in [-0.25, -0.2) is 0 Å². The van der Waals surface area contributed by atoms with Crippen molar-refractivity contribution in [3.63, 3.8) is 0 Å². The van der Waals surface area contributed by atoms with E-state index in [1.54, 1.807) is 17.0 Å². The largest absolute Gasteiger partial charge is 0.350 e. The van der Waals surface area contributed by atoms with Gasteiger partial charge in [-0.3, -0.25) is 14.5 Å². The Bertz CT molecular complexity index is 929. The Hall–Kier alpha value is -2.18. The molecule has 0 aliphatic carbocycles. The van der Waals surface area contributed by atoms with Crippen molar-refractivity contribution in [2.75, 3.05) is 13.1 Å². The van der Waals surface area contributed by atoms with E-state index in [9.17, 15) is 9.59 Å². The number of hydrogen-bond acceptors (Lipinski definition) is 3. The summed E-state index contributed by atoms with van der Waals surface area (Å²) in [6.07, 6.45) is 5.47. The lowest BCUT2D eigenvalue weighted by Gasteiger charge is -2.33. The topological polar surface area (TPSA) is 52.7 Å². The molecule has 4 rings (SSSR count). The van der Waals surface area contributed by atoms with E-state index in [4.69, 9.17) is 0 Å². The van der Waals surface area contributed by atoms with Gasteiger partial charge in [0.2, 0.25) is 5.91 Å². The van der Waals surface area contributed by atoms with E-state index in [0.29, 0.717) is 31.1 Å². The lowest BCUT2D eigenvalue weighted by Crippen LogP contribution is -2.45. The lowest BCUT2D eigenvalue weighted by molar-refractivity contribution is -0.125. The molecule has 2 amide bonds. The molecule has 0 aromatic heterocycles. The van der Waals surface area contributed by atoms with Gasteiger partial charge in [0.05, 0.1) is 0 Å². The number of hydrogen-bond donors (Lipinski definition) is 1. The highest BCUT2D eigenvalue weighted by atomic mass is 79.9. The summed E-state index contributed by atoms with van der Waals surface area (Å²) in [6, 6.07) is 16.1. The highest BCUT2D eigenvalue weighted by Crippen LogP contribution is 2.22. The van der Waals surface area contributed by atoms with Crippen LogP contribution in [0.15, 0.2) is 53.0 Å². The van der Waals surface area contributed by atoms with E-state index < -0.39 is 6.04 Å². The quantitative estimate of drug-likeness (QED) is 0.626. The molecule has 170 valence electrons. The normalized spacial score (nSPS) is 21.5. The Balaban J connectivity index is 1.30. The molecule has 1 N–H and O–H groups in total. The average molecular weight is 498 g/mol. The summed E-state index contributed by atoms with van der Waals surface area (Å²) in [5, 5.41) is 3.04. The first-order valence-corrected chi connectivity index (χ1v) is 12.5. The summed E-state index contributed by atoms with van der Waals surface area (Å²) < 4.78 is 0.932. The summed E-state index contributed by atoms with van der Waals surface area (Å²) in [6.45, 7) is 5.59. The van der Waals surface area contributed by atoms with E-state index in [1.165, 1.54) is 31.4 Å². The molecular formula is C26H32BrN3O2. The van der Waals surface area contributed by atoms with E-state index in [-0.39, 0.29) is 11.8 Å². The zero-order valence-corrected chi connectivity index (χ0v) is 20.3. The van der Waals surface area contributed by atoms with Crippen LogP contribution in [-0.2, 0) is 17.9 Å².